The third-order valence-electron chi connectivity index (χ3n) is 4.86. The molecule has 1 amide bonds. The zero-order valence-electron chi connectivity index (χ0n) is 16.1. The maximum absolute atomic E-state index is 12.4. The van der Waals surface area contributed by atoms with E-state index in [1.807, 2.05) is 31.2 Å². The number of carbonyl (C=O) groups excluding carboxylic acids is 1. The molecule has 2 aromatic rings. The molecule has 1 aliphatic rings. The van der Waals surface area contributed by atoms with E-state index in [1.54, 1.807) is 6.21 Å². The number of benzene rings is 2. The van der Waals surface area contributed by atoms with Gasteiger partial charge in [0.1, 0.15) is 5.75 Å². The highest BCUT2D eigenvalue weighted by atomic mass is 79.9. The van der Waals surface area contributed by atoms with Gasteiger partial charge in [-0.2, -0.15) is 5.10 Å². The van der Waals surface area contributed by atoms with Crippen molar-refractivity contribution in [3.05, 3.63) is 64.1 Å². The minimum atomic E-state index is 0.00507. The van der Waals surface area contributed by atoms with Crippen molar-refractivity contribution >= 4 is 28.1 Å². The summed E-state index contributed by atoms with van der Waals surface area (Å²) in [5, 5.41) is 4.10. The molecule has 1 fully saturated rings. The molecule has 0 saturated carbocycles. The highest BCUT2D eigenvalue weighted by Gasteiger charge is 2.24. The minimum absolute atomic E-state index is 0.00507. The van der Waals surface area contributed by atoms with Crippen molar-refractivity contribution in [1.29, 1.82) is 0 Å². The lowest BCUT2D eigenvalue weighted by Gasteiger charge is -2.30. The highest BCUT2D eigenvalue weighted by molar-refractivity contribution is 9.10. The van der Waals surface area contributed by atoms with Gasteiger partial charge < -0.3 is 4.74 Å². The van der Waals surface area contributed by atoms with Crippen LogP contribution in [0.15, 0.2) is 58.1 Å². The standard InChI is InChI=1S/C22H26BrN3O2/c1-2-28-21-9-5-17(6-10-21)15-24-25-22(27)19-11-13-26(14-12-19)16-18-3-7-20(23)8-4-18/h3-10,15,19H,2,11-14,16H2,1H3,(H,25,27)/b24-15+. The summed E-state index contributed by atoms with van der Waals surface area (Å²) in [5.74, 6) is 0.864. The van der Waals surface area contributed by atoms with E-state index < -0.39 is 0 Å². The normalized spacial score (nSPS) is 15.6. The Kier molecular flexibility index (Phi) is 7.62. The van der Waals surface area contributed by atoms with E-state index in [-0.39, 0.29) is 11.8 Å². The number of rotatable bonds is 7. The van der Waals surface area contributed by atoms with Crippen LogP contribution in [-0.2, 0) is 11.3 Å². The zero-order chi connectivity index (χ0) is 19.8. The average molecular weight is 444 g/mol. The second kappa shape index (κ2) is 10.4. The Morgan fingerprint density at radius 1 is 1.18 bits per heavy atom. The number of hydrazone groups is 1. The molecule has 1 heterocycles. The number of nitrogens with zero attached hydrogens (tertiary/aromatic N) is 2. The zero-order valence-corrected chi connectivity index (χ0v) is 17.7. The molecule has 0 radical (unpaired) electrons. The summed E-state index contributed by atoms with van der Waals surface area (Å²) in [5.41, 5.74) is 4.91. The van der Waals surface area contributed by atoms with E-state index in [4.69, 9.17) is 4.74 Å². The first-order valence-electron chi connectivity index (χ1n) is 9.66. The lowest BCUT2D eigenvalue weighted by molar-refractivity contribution is -0.126. The van der Waals surface area contributed by atoms with Crippen LogP contribution in [0.5, 0.6) is 5.75 Å². The average Bonchev–Trinajstić information content (AvgIpc) is 2.72. The summed E-state index contributed by atoms with van der Waals surface area (Å²) in [6.45, 7) is 5.38. The number of likely N-dealkylation sites (tertiary alicyclic amines) is 1. The molecule has 5 nitrogen and oxygen atoms in total. The molecule has 6 heteroatoms. The fraction of sp³-hybridized carbons (Fsp3) is 0.364. The third-order valence-corrected chi connectivity index (χ3v) is 5.39. The van der Waals surface area contributed by atoms with E-state index in [0.29, 0.717) is 6.61 Å². The number of amides is 1. The van der Waals surface area contributed by atoms with Crippen LogP contribution in [0, 0.1) is 5.92 Å². The van der Waals surface area contributed by atoms with Gasteiger partial charge in [-0.1, -0.05) is 28.1 Å². The lowest BCUT2D eigenvalue weighted by atomic mass is 9.96. The van der Waals surface area contributed by atoms with Crippen LogP contribution in [0.1, 0.15) is 30.9 Å². The molecule has 2 aromatic carbocycles. The van der Waals surface area contributed by atoms with Gasteiger partial charge in [0, 0.05) is 16.9 Å². The van der Waals surface area contributed by atoms with Crippen LogP contribution in [0.3, 0.4) is 0 Å². The summed E-state index contributed by atoms with van der Waals surface area (Å²) in [6, 6.07) is 16.0. The van der Waals surface area contributed by atoms with Crippen LogP contribution in [0.2, 0.25) is 0 Å². The molecular formula is C22H26BrN3O2. The van der Waals surface area contributed by atoms with E-state index >= 15 is 0 Å². The van der Waals surface area contributed by atoms with Gasteiger partial charge in [0.15, 0.2) is 0 Å². The predicted octanol–water partition coefficient (Wildman–Crippen LogP) is 4.21. The van der Waals surface area contributed by atoms with E-state index in [9.17, 15) is 4.79 Å². The molecule has 0 unspecified atom stereocenters. The first-order chi connectivity index (χ1) is 13.6. The quantitative estimate of drug-likeness (QED) is 0.514. The molecule has 3 rings (SSSR count). The first-order valence-corrected chi connectivity index (χ1v) is 10.5. The molecule has 0 atom stereocenters. The van der Waals surface area contributed by atoms with E-state index in [0.717, 1.165) is 48.3 Å². The van der Waals surface area contributed by atoms with Crippen molar-refractivity contribution in [2.24, 2.45) is 11.0 Å². The van der Waals surface area contributed by atoms with Crippen molar-refractivity contribution < 1.29 is 9.53 Å². The molecule has 0 bridgehead atoms. The number of nitrogens with one attached hydrogen (secondary N) is 1. The molecule has 28 heavy (non-hydrogen) atoms. The summed E-state index contributed by atoms with van der Waals surface area (Å²) in [6.07, 6.45) is 3.39. The SMILES string of the molecule is CCOc1ccc(/C=N/NC(=O)C2CCN(Cc3ccc(Br)cc3)CC2)cc1. The molecule has 1 saturated heterocycles. The second-order valence-electron chi connectivity index (χ2n) is 6.91. The Morgan fingerprint density at radius 2 is 1.86 bits per heavy atom. The van der Waals surface area contributed by atoms with Crippen LogP contribution >= 0.6 is 15.9 Å². The molecule has 0 aromatic heterocycles. The molecular weight excluding hydrogens is 418 g/mol. The summed E-state index contributed by atoms with van der Waals surface area (Å²) >= 11 is 3.46. The second-order valence-corrected chi connectivity index (χ2v) is 7.83. The van der Waals surface area contributed by atoms with Crippen molar-refractivity contribution in [2.75, 3.05) is 19.7 Å². The first kappa shape index (κ1) is 20.6. The van der Waals surface area contributed by atoms with Crippen molar-refractivity contribution in [3.8, 4) is 5.75 Å². The Bertz CT molecular complexity index is 782. The van der Waals surface area contributed by atoms with Crippen LogP contribution in [0.25, 0.3) is 0 Å². The Hall–Kier alpha value is -2.18. The Labute approximate surface area is 174 Å². The molecule has 1 aliphatic heterocycles. The van der Waals surface area contributed by atoms with Gasteiger partial charge in [-0.05, 0) is 80.4 Å². The number of hydrogen-bond donors (Lipinski definition) is 1. The maximum Gasteiger partial charge on any atom is 0.243 e. The topological polar surface area (TPSA) is 53.9 Å². The summed E-state index contributed by atoms with van der Waals surface area (Å²) < 4.78 is 6.51. The van der Waals surface area contributed by atoms with Gasteiger partial charge in [-0.15, -0.1) is 0 Å². The molecule has 148 valence electrons. The summed E-state index contributed by atoms with van der Waals surface area (Å²) in [7, 11) is 0. The third kappa shape index (κ3) is 6.17. The van der Waals surface area contributed by atoms with Crippen molar-refractivity contribution in [3.63, 3.8) is 0 Å². The number of carbonyl (C=O) groups is 1. The van der Waals surface area contributed by atoms with Gasteiger partial charge in [0.25, 0.3) is 0 Å². The number of ether oxygens (including phenoxy) is 1. The van der Waals surface area contributed by atoms with Gasteiger partial charge >= 0.3 is 0 Å². The van der Waals surface area contributed by atoms with Crippen LogP contribution < -0.4 is 10.2 Å². The lowest BCUT2D eigenvalue weighted by Crippen LogP contribution is -2.39. The fourth-order valence-electron chi connectivity index (χ4n) is 3.28. The smallest absolute Gasteiger partial charge is 0.243 e. The minimum Gasteiger partial charge on any atom is -0.494 e. The van der Waals surface area contributed by atoms with Gasteiger partial charge in [0.2, 0.25) is 5.91 Å². The van der Waals surface area contributed by atoms with E-state index in [2.05, 4.69) is 55.6 Å². The van der Waals surface area contributed by atoms with Crippen molar-refractivity contribution in [1.82, 2.24) is 10.3 Å². The van der Waals surface area contributed by atoms with Gasteiger partial charge in [0.05, 0.1) is 12.8 Å². The number of hydrogen-bond acceptors (Lipinski definition) is 4. The molecule has 1 N–H and O–H groups in total. The van der Waals surface area contributed by atoms with Crippen molar-refractivity contribution in [2.45, 2.75) is 26.3 Å². The highest BCUT2D eigenvalue weighted by Crippen LogP contribution is 2.20. The predicted molar refractivity (Wildman–Crippen MR) is 115 cm³/mol. The summed E-state index contributed by atoms with van der Waals surface area (Å²) in [4.78, 5) is 14.8. The van der Waals surface area contributed by atoms with Gasteiger partial charge in [-0.3, -0.25) is 9.69 Å². The van der Waals surface area contributed by atoms with Crippen LogP contribution in [-0.4, -0.2) is 36.7 Å². The monoisotopic (exact) mass is 443 g/mol. The molecule has 0 spiro atoms. The molecule has 0 aliphatic carbocycles. The Balaban J connectivity index is 1.41. The Morgan fingerprint density at radius 3 is 2.50 bits per heavy atom. The largest absolute Gasteiger partial charge is 0.494 e. The van der Waals surface area contributed by atoms with E-state index in [1.165, 1.54) is 5.56 Å². The number of halogens is 1. The fourth-order valence-corrected chi connectivity index (χ4v) is 3.54. The maximum atomic E-state index is 12.4. The number of piperidine rings is 1. The van der Waals surface area contributed by atoms with Gasteiger partial charge in [-0.25, -0.2) is 5.43 Å². The van der Waals surface area contributed by atoms with Crippen LogP contribution in [0.4, 0.5) is 0 Å².